The first-order valence-electron chi connectivity index (χ1n) is 7.00. The number of aryl methyl sites for hydroxylation is 1. The number of fused-ring (bicyclic) bond motifs is 1. The molecule has 1 atom stereocenters. The first-order valence-corrected chi connectivity index (χ1v) is 7.88. The van der Waals surface area contributed by atoms with Crippen LogP contribution in [-0.2, 0) is 9.53 Å². The van der Waals surface area contributed by atoms with Gasteiger partial charge in [0.05, 0.1) is 0 Å². The minimum atomic E-state index is -0.908. The Balaban J connectivity index is 1.61. The number of benzene rings is 1. The summed E-state index contributed by atoms with van der Waals surface area (Å²) in [6.07, 6.45) is -0.908. The van der Waals surface area contributed by atoms with Crippen molar-refractivity contribution in [1.82, 2.24) is 0 Å². The zero-order valence-electron chi connectivity index (χ0n) is 12.6. The molecule has 23 heavy (non-hydrogen) atoms. The lowest BCUT2D eigenvalue weighted by Gasteiger charge is -2.13. The molecule has 0 aliphatic carbocycles. The molecular formula is C16H15NO5S. The summed E-state index contributed by atoms with van der Waals surface area (Å²) in [6, 6.07) is 6.91. The lowest BCUT2D eigenvalue weighted by atomic mass is 10.2. The second-order valence-corrected chi connectivity index (χ2v) is 5.95. The summed E-state index contributed by atoms with van der Waals surface area (Å²) < 4.78 is 15.7. The Morgan fingerprint density at radius 2 is 2.04 bits per heavy atom. The molecule has 1 unspecified atom stereocenters. The summed E-state index contributed by atoms with van der Waals surface area (Å²) in [5, 5.41) is 4.50. The first-order chi connectivity index (χ1) is 11.0. The van der Waals surface area contributed by atoms with Crippen LogP contribution in [0, 0.1) is 6.92 Å². The van der Waals surface area contributed by atoms with Crippen molar-refractivity contribution in [2.24, 2.45) is 0 Å². The van der Waals surface area contributed by atoms with Crippen LogP contribution in [0.1, 0.15) is 22.2 Å². The maximum atomic E-state index is 12.1. The summed E-state index contributed by atoms with van der Waals surface area (Å²) in [7, 11) is 0. The molecule has 120 valence electrons. The van der Waals surface area contributed by atoms with Crippen LogP contribution in [0.25, 0.3) is 0 Å². The number of anilines is 1. The molecule has 0 spiro atoms. The van der Waals surface area contributed by atoms with Crippen molar-refractivity contribution >= 4 is 28.9 Å². The van der Waals surface area contributed by atoms with Crippen LogP contribution in [0.5, 0.6) is 11.5 Å². The molecule has 2 heterocycles. The van der Waals surface area contributed by atoms with Gasteiger partial charge in [-0.3, -0.25) is 4.79 Å². The summed E-state index contributed by atoms with van der Waals surface area (Å²) in [6.45, 7) is 3.52. The van der Waals surface area contributed by atoms with Crippen molar-refractivity contribution in [3.8, 4) is 11.5 Å². The average Bonchev–Trinajstić information content (AvgIpc) is 3.15. The highest BCUT2D eigenvalue weighted by Crippen LogP contribution is 2.34. The number of thiophene rings is 1. The molecule has 1 amide bonds. The van der Waals surface area contributed by atoms with Crippen LogP contribution < -0.4 is 14.8 Å². The van der Waals surface area contributed by atoms with Crippen LogP contribution in [-0.4, -0.2) is 24.8 Å². The van der Waals surface area contributed by atoms with Crippen LogP contribution in [0.3, 0.4) is 0 Å². The predicted octanol–water partition coefficient (Wildman–Crippen LogP) is 2.97. The van der Waals surface area contributed by atoms with E-state index in [0.29, 0.717) is 22.1 Å². The molecule has 0 fully saturated rings. The van der Waals surface area contributed by atoms with E-state index < -0.39 is 18.0 Å². The highest BCUT2D eigenvalue weighted by molar-refractivity contribution is 7.12. The van der Waals surface area contributed by atoms with Gasteiger partial charge in [-0.1, -0.05) is 0 Å². The molecule has 3 rings (SSSR count). The molecule has 2 aromatic rings. The Hall–Kier alpha value is -2.54. The number of hydrogen-bond acceptors (Lipinski definition) is 6. The van der Waals surface area contributed by atoms with E-state index in [1.165, 1.54) is 18.3 Å². The lowest BCUT2D eigenvalue weighted by Crippen LogP contribution is -2.29. The molecule has 6 nitrogen and oxygen atoms in total. The number of amides is 1. The normalized spacial score (nSPS) is 13.5. The number of rotatable bonds is 4. The van der Waals surface area contributed by atoms with Crippen molar-refractivity contribution in [2.75, 3.05) is 12.1 Å². The standard InChI is InChI=1S/C16H15NO5S/c1-9-5-6-23-14(9)16(19)22-10(2)15(18)17-11-3-4-12-13(7-11)21-8-20-12/h3-7,10H,8H2,1-2H3,(H,17,18). The maximum Gasteiger partial charge on any atom is 0.349 e. The summed E-state index contributed by atoms with van der Waals surface area (Å²) in [5.41, 5.74) is 1.39. The van der Waals surface area contributed by atoms with Crippen molar-refractivity contribution < 1.29 is 23.8 Å². The van der Waals surface area contributed by atoms with Gasteiger partial charge in [0.15, 0.2) is 17.6 Å². The van der Waals surface area contributed by atoms with Crippen LogP contribution >= 0.6 is 11.3 Å². The third-order valence-corrected chi connectivity index (χ3v) is 4.34. The number of carbonyl (C=O) groups is 2. The SMILES string of the molecule is Cc1ccsc1C(=O)OC(C)C(=O)Nc1ccc2c(c1)OCO2. The fraction of sp³-hybridized carbons (Fsp3) is 0.250. The molecular weight excluding hydrogens is 318 g/mol. The minimum absolute atomic E-state index is 0.168. The minimum Gasteiger partial charge on any atom is -0.454 e. The number of nitrogens with one attached hydrogen (secondary N) is 1. The molecule has 1 aliphatic rings. The van der Waals surface area contributed by atoms with Gasteiger partial charge in [0.1, 0.15) is 4.88 Å². The third-order valence-electron chi connectivity index (χ3n) is 3.34. The molecule has 1 aliphatic heterocycles. The Morgan fingerprint density at radius 1 is 1.26 bits per heavy atom. The van der Waals surface area contributed by atoms with E-state index in [0.717, 1.165) is 5.56 Å². The quantitative estimate of drug-likeness (QED) is 0.871. The highest BCUT2D eigenvalue weighted by atomic mass is 32.1. The van der Waals surface area contributed by atoms with E-state index in [1.807, 2.05) is 18.4 Å². The van der Waals surface area contributed by atoms with Gasteiger partial charge in [-0.25, -0.2) is 4.79 Å². The zero-order chi connectivity index (χ0) is 16.4. The Bertz CT molecular complexity index is 755. The van der Waals surface area contributed by atoms with Crippen molar-refractivity contribution in [2.45, 2.75) is 20.0 Å². The Morgan fingerprint density at radius 3 is 2.78 bits per heavy atom. The third kappa shape index (κ3) is 3.29. The largest absolute Gasteiger partial charge is 0.454 e. The van der Waals surface area contributed by atoms with Crippen LogP contribution in [0.4, 0.5) is 5.69 Å². The zero-order valence-corrected chi connectivity index (χ0v) is 13.4. The second kappa shape index (κ2) is 6.29. The number of esters is 1. The van der Waals surface area contributed by atoms with Gasteiger partial charge in [0.2, 0.25) is 6.79 Å². The smallest absolute Gasteiger partial charge is 0.349 e. The molecule has 0 saturated heterocycles. The highest BCUT2D eigenvalue weighted by Gasteiger charge is 2.22. The number of hydrogen-bond donors (Lipinski definition) is 1. The van der Waals surface area contributed by atoms with E-state index in [-0.39, 0.29) is 6.79 Å². The summed E-state index contributed by atoms with van der Waals surface area (Å²) in [5.74, 6) is 0.301. The fourth-order valence-electron chi connectivity index (χ4n) is 2.07. The van der Waals surface area contributed by atoms with Crippen molar-refractivity contribution in [3.63, 3.8) is 0 Å². The lowest BCUT2D eigenvalue weighted by molar-refractivity contribution is -0.123. The molecule has 1 aromatic heterocycles. The fourth-order valence-corrected chi connectivity index (χ4v) is 2.87. The second-order valence-electron chi connectivity index (χ2n) is 5.04. The van der Waals surface area contributed by atoms with Gasteiger partial charge < -0.3 is 19.5 Å². The number of ether oxygens (including phenoxy) is 3. The molecule has 0 saturated carbocycles. The van der Waals surface area contributed by atoms with Gasteiger partial charge in [0.25, 0.3) is 5.91 Å². The topological polar surface area (TPSA) is 73.9 Å². The molecule has 0 radical (unpaired) electrons. The molecule has 1 N–H and O–H groups in total. The van der Waals surface area contributed by atoms with E-state index >= 15 is 0 Å². The van der Waals surface area contributed by atoms with E-state index in [4.69, 9.17) is 14.2 Å². The maximum absolute atomic E-state index is 12.1. The van der Waals surface area contributed by atoms with Gasteiger partial charge in [-0.2, -0.15) is 0 Å². The predicted molar refractivity (Wildman–Crippen MR) is 85.1 cm³/mol. The van der Waals surface area contributed by atoms with Crippen molar-refractivity contribution in [1.29, 1.82) is 0 Å². The molecule has 0 bridgehead atoms. The Kier molecular flexibility index (Phi) is 4.20. The van der Waals surface area contributed by atoms with Gasteiger partial charge >= 0.3 is 5.97 Å². The monoisotopic (exact) mass is 333 g/mol. The van der Waals surface area contributed by atoms with Gasteiger partial charge in [-0.15, -0.1) is 11.3 Å². The molecule has 1 aromatic carbocycles. The summed E-state index contributed by atoms with van der Waals surface area (Å²) in [4.78, 5) is 24.7. The van der Waals surface area contributed by atoms with Gasteiger partial charge in [0, 0.05) is 11.8 Å². The van der Waals surface area contributed by atoms with Gasteiger partial charge in [-0.05, 0) is 43.0 Å². The average molecular weight is 333 g/mol. The summed E-state index contributed by atoms with van der Waals surface area (Å²) >= 11 is 1.29. The number of carbonyl (C=O) groups excluding carboxylic acids is 2. The molecule has 7 heteroatoms. The Labute approximate surface area is 137 Å². The van der Waals surface area contributed by atoms with E-state index in [9.17, 15) is 9.59 Å². The van der Waals surface area contributed by atoms with E-state index in [2.05, 4.69) is 5.32 Å². The van der Waals surface area contributed by atoms with Crippen molar-refractivity contribution in [3.05, 3.63) is 40.1 Å². The van der Waals surface area contributed by atoms with Crippen LogP contribution in [0.15, 0.2) is 29.6 Å². The first kappa shape index (κ1) is 15.4. The van der Waals surface area contributed by atoms with E-state index in [1.54, 1.807) is 18.2 Å². The van der Waals surface area contributed by atoms with Crippen LogP contribution in [0.2, 0.25) is 0 Å².